The number of hydrogen-bond acceptors (Lipinski definition) is 5. The quantitative estimate of drug-likeness (QED) is 0.236. The summed E-state index contributed by atoms with van der Waals surface area (Å²) >= 11 is 0. The van der Waals surface area contributed by atoms with Gasteiger partial charge in [0.1, 0.15) is 11.6 Å². The third-order valence-corrected chi connectivity index (χ3v) is 7.04. The SMILES string of the molecule is COc1cccc(-c2c(C)n(Cc3c(F)cccc3F)c(=O)n(C[C@H](NCCCC(=O)O)c3ccccc3)c2=O)c1F. The van der Waals surface area contributed by atoms with Gasteiger partial charge in [-0.15, -0.1) is 0 Å². The van der Waals surface area contributed by atoms with Gasteiger partial charge in [0.15, 0.2) is 11.6 Å². The van der Waals surface area contributed by atoms with Crippen molar-refractivity contribution < 1.29 is 27.8 Å². The van der Waals surface area contributed by atoms with Crippen LogP contribution >= 0.6 is 0 Å². The number of methoxy groups -OCH3 is 1. The van der Waals surface area contributed by atoms with E-state index < -0.39 is 52.8 Å². The van der Waals surface area contributed by atoms with Gasteiger partial charge in [-0.1, -0.05) is 48.5 Å². The summed E-state index contributed by atoms with van der Waals surface area (Å²) in [6.07, 6.45) is 0.206. The molecule has 1 atom stereocenters. The zero-order valence-corrected chi connectivity index (χ0v) is 23.1. The summed E-state index contributed by atoms with van der Waals surface area (Å²) in [6, 6.07) is 15.8. The van der Waals surface area contributed by atoms with E-state index in [2.05, 4.69) is 5.32 Å². The zero-order chi connectivity index (χ0) is 30.4. The Morgan fingerprint density at radius 1 is 0.952 bits per heavy atom. The van der Waals surface area contributed by atoms with Gasteiger partial charge in [0.2, 0.25) is 0 Å². The Kier molecular flexibility index (Phi) is 9.64. The second kappa shape index (κ2) is 13.3. The van der Waals surface area contributed by atoms with Crippen molar-refractivity contribution in [2.24, 2.45) is 0 Å². The second-order valence-electron chi connectivity index (χ2n) is 9.68. The lowest BCUT2D eigenvalue weighted by molar-refractivity contribution is -0.137. The molecule has 3 aromatic carbocycles. The van der Waals surface area contributed by atoms with Gasteiger partial charge in [0.25, 0.3) is 5.56 Å². The molecule has 2 N–H and O–H groups in total. The van der Waals surface area contributed by atoms with Gasteiger partial charge in [-0.2, -0.15) is 0 Å². The Balaban J connectivity index is 1.91. The molecule has 8 nitrogen and oxygen atoms in total. The standard InChI is InChI=1S/C31H30F3N3O5/c1-19-28(21-11-6-14-26(42-2)29(21)34)30(40)37(31(41)36(19)17-22-23(32)12-7-13-24(22)33)18-25(20-9-4-3-5-10-20)35-16-8-15-27(38)39/h3-7,9-14,25,35H,8,15-18H2,1-2H3,(H,38,39)/t25-/m0/s1. The number of hydrogen-bond donors (Lipinski definition) is 2. The van der Waals surface area contributed by atoms with Crippen molar-refractivity contribution in [3.63, 3.8) is 0 Å². The Bertz CT molecular complexity index is 1680. The first-order chi connectivity index (χ1) is 20.1. The number of ether oxygens (including phenoxy) is 1. The van der Waals surface area contributed by atoms with Crippen molar-refractivity contribution in [2.75, 3.05) is 13.7 Å². The van der Waals surface area contributed by atoms with Crippen LogP contribution in [0.1, 0.15) is 35.7 Å². The molecule has 0 spiro atoms. The van der Waals surface area contributed by atoms with Crippen molar-refractivity contribution in [3.8, 4) is 16.9 Å². The zero-order valence-electron chi connectivity index (χ0n) is 23.1. The minimum absolute atomic E-state index is 0.0155. The summed E-state index contributed by atoms with van der Waals surface area (Å²) in [5.74, 6) is -3.68. The van der Waals surface area contributed by atoms with E-state index in [9.17, 15) is 23.2 Å². The fourth-order valence-corrected chi connectivity index (χ4v) is 4.83. The predicted octanol–water partition coefficient (Wildman–Crippen LogP) is 4.66. The average Bonchev–Trinajstić information content (AvgIpc) is 2.97. The summed E-state index contributed by atoms with van der Waals surface area (Å²) in [7, 11) is 1.27. The maximum atomic E-state index is 15.5. The van der Waals surface area contributed by atoms with Crippen LogP contribution in [0, 0.1) is 24.4 Å². The maximum absolute atomic E-state index is 15.5. The van der Waals surface area contributed by atoms with E-state index in [4.69, 9.17) is 9.84 Å². The summed E-state index contributed by atoms with van der Waals surface area (Å²) < 4.78 is 51.9. The van der Waals surface area contributed by atoms with Crippen LogP contribution < -0.4 is 21.3 Å². The van der Waals surface area contributed by atoms with Crippen LogP contribution in [0.4, 0.5) is 13.2 Å². The van der Waals surface area contributed by atoms with Gasteiger partial charge in [-0.05, 0) is 43.7 Å². The summed E-state index contributed by atoms with van der Waals surface area (Å²) in [5.41, 5.74) is -1.62. The Morgan fingerprint density at radius 3 is 2.26 bits per heavy atom. The topological polar surface area (TPSA) is 103 Å². The van der Waals surface area contributed by atoms with E-state index >= 15 is 4.39 Å². The molecule has 0 aliphatic heterocycles. The van der Waals surface area contributed by atoms with Gasteiger partial charge < -0.3 is 15.2 Å². The first kappa shape index (κ1) is 30.3. The van der Waals surface area contributed by atoms with Gasteiger partial charge in [-0.25, -0.2) is 18.0 Å². The van der Waals surface area contributed by atoms with Crippen LogP contribution in [0.5, 0.6) is 5.75 Å². The molecular formula is C31H30F3N3O5. The van der Waals surface area contributed by atoms with Crippen LogP contribution in [0.2, 0.25) is 0 Å². The third-order valence-electron chi connectivity index (χ3n) is 7.04. The fourth-order valence-electron chi connectivity index (χ4n) is 4.83. The highest BCUT2D eigenvalue weighted by molar-refractivity contribution is 5.67. The summed E-state index contributed by atoms with van der Waals surface area (Å²) in [5, 5.41) is 12.2. The van der Waals surface area contributed by atoms with Gasteiger partial charge >= 0.3 is 11.7 Å². The molecular weight excluding hydrogens is 551 g/mol. The number of aliphatic carboxylic acids is 1. The van der Waals surface area contributed by atoms with E-state index in [1.807, 2.05) is 0 Å². The van der Waals surface area contributed by atoms with Crippen molar-refractivity contribution in [2.45, 2.75) is 38.9 Å². The van der Waals surface area contributed by atoms with Crippen LogP contribution in [0.25, 0.3) is 11.1 Å². The molecule has 0 aliphatic rings. The van der Waals surface area contributed by atoms with Crippen LogP contribution in [-0.4, -0.2) is 33.9 Å². The number of carboxylic acids is 1. The van der Waals surface area contributed by atoms with Crippen LogP contribution in [-0.2, 0) is 17.9 Å². The number of benzene rings is 3. The number of aromatic nitrogens is 2. The molecule has 0 radical (unpaired) electrons. The molecule has 4 rings (SSSR count). The molecule has 42 heavy (non-hydrogen) atoms. The van der Waals surface area contributed by atoms with Gasteiger partial charge in [0, 0.05) is 23.2 Å². The molecule has 0 saturated heterocycles. The Hall–Kier alpha value is -4.64. The molecule has 0 fully saturated rings. The Morgan fingerprint density at radius 2 is 1.62 bits per heavy atom. The smallest absolute Gasteiger partial charge is 0.331 e. The Labute approximate surface area is 239 Å². The van der Waals surface area contributed by atoms with Crippen molar-refractivity contribution in [1.29, 1.82) is 0 Å². The van der Waals surface area contributed by atoms with E-state index in [0.29, 0.717) is 12.0 Å². The monoisotopic (exact) mass is 581 g/mol. The van der Waals surface area contributed by atoms with Crippen molar-refractivity contribution in [3.05, 3.63) is 122 Å². The molecule has 4 aromatic rings. The number of carbonyl (C=O) groups is 1. The van der Waals surface area contributed by atoms with Crippen LogP contribution in [0.15, 0.2) is 76.3 Å². The maximum Gasteiger partial charge on any atom is 0.331 e. The van der Waals surface area contributed by atoms with E-state index in [1.54, 1.807) is 30.3 Å². The van der Waals surface area contributed by atoms with E-state index in [0.717, 1.165) is 21.3 Å². The number of nitrogens with zero attached hydrogens (tertiary/aromatic N) is 2. The minimum Gasteiger partial charge on any atom is -0.494 e. The lowest BCUT2D eigenvalue weighted by Crippen LogP contribution is -2.45. The first-order valence-electron chi connectivity index (χ1n) is 13.2. The number of halogens is 3. The first-order valence-corrected chi connectivity index (χ1v) is 13.2. The normalized spacial score (nSPS) is 11.8. The van der Waals surface area contributed by atoms with Gasteiger partial charge in [-0.3, -0.25) is 18.7 Å². The average molecular weight is 582 g/mol. The molecule has 11 heteroatoms. The van der Waals surface area contributed by atoms with Crippen molar-refractivity contribution >= 4 is 5.97 Å². The van der Waals surface area contributed by atoms with E-state index in [-0.39, 0.29) is 42.1 Å². The van der Waals surface area contributed by atoms with Crippen molar-refractivity contribution in [1.82, 2.24) is 14.5 Å². The number of rotatable bonds is 12. The second-order valence-corrected chi connectivity index (χ2v) is 9.68. The molecule has 0 amide bonds. The lowest BCUT2D eigenvalue weighted by Gasteiger charge is -2.23. The predicted molar refractivity (Wildman–Crippen MR) is 151 cm³/mol. The highest BCUT2D eigenvalue weighted by Crippen LogP contribution is 2.29. The minimum atomic E-state index is -0.962. The highest BCUT2D eigenvalue weighted by Gasteiger charge is 2.25. The highest BCUT2D eigenvalue weighted by atomic mass is 19.1. The molecule has 1 aromatic heterocycles. The largest absolute Gasteiger partial charge is 0.494 e. The molecule has 0 saturated carbocycles. The van der Waals surface area contributed by atoms with Crippen LogP contribution in [0.3, 0.4) is 0 Å². The van der Waals surface area contributed by atoms with E-state index in [1.165, 1.54) is 38.3 Å². The summed E-state index contributed by atoms with van der Waals surface area (Å²) in [4.78, 5) is 38.8. The molecule has 0 aliphatic carbocycles. The lowest BCUT2D eigenvalue weighted by atomic mass is 10.0. The third kappa shape index (κ3) is 6.46. The molecule has 220 valence electrons. The molecule has 0 unspecified atom stereocenters. The fraction of sp³-hybridized carbons (Fsp3) is 0.258. The number of nitrogens with one attached hydrogen (secondary N) is 1. The van der Waals surface area contributed by atoms with Gasteiger partial charge in [0.05, 0.1) is 31.8 Å². The molecule has 0 bridgehead atoms. The number of carboxylic acid groups (broad SMARTS) is 1. The molecule has 1 heterocycles. The summed E-state index contributed by atoms with van der Waals surface area (Å²) in [6.45, 7) is 0.898.